The summed E-state index contributed by atoms with van der Waals surface area (Å²) in [6.07, 6.45) is 2.00. The second-order valence-electron chi connectivity index (χ2n) is 6.64. The summed E-state index contributed by atoms with van der Waals surface area (Å²) in [5.74, 6) is 0.0281. The van der Waals surface area contributed by atoms with Gasteiger partial charge in [-0.1, -0.05) is 35.5 Å². The number of hydrogen-bond donors (Lipinski definition) is 1. The SMILES string of the molecule is C[C@H](Sc1nnc(-c2ccccc2F)n1C1CC1)C(=O)Nc1ccc(Cl)cc1. The van der Waals surface area contributed by atoms with Crippen LogP contribution in [-0.2, 0) is 4.79 Å². The summed E-state index contributed by atoms with van der Waals surface area (Å²) in [5, 5.41) is 12.2. The van der Waals surface area contributed by atoms with Gasteiger partial charge in [0.2, 0.25) is 5.91 Å². The number of nitrogens with zero attached hydrogens (tertiary/aromatic N) is 3. The summed E-state index contributed by atoms with van der Waals surface area (Å²) in [5.41, 5.74) is 1.10. The van der Waals surface area contributed by atoms with Crippen LogP contribution in [0.1, 0.15) is 25.8 Å². The van der Waals surface area contributed by atoms with E-state index in [-0.39, 0.29) is 17.8 Å². The van der Waals surface area contributed by atoms with Crippen molar-refractivity contribution in [2.24, 2.45) is 0 Å². The van der Waals surface area contributed by atoms with Gasteiger partial charge in [-0.25, -0.2) is 4.39 Å². The zero-order chi connectivity index (χ0) is 19.7. The lowest BCUT2D eigenvalue weighted by molar-refractivity contribution is -0.115. The normalized spacial score (nSPS) is 14.7. The minimum absolute atomic E-state index is 0.148. The minimum atomic E-state index is -0.397. The Hall–Kier alpha value is -2.38. The molecule has 0 bridgehead atoms. The molecule has 0 aliphatic heterocycles. The van der Waals surface area contributed by atoms with Crippen LogP contribution >= 0.6 is 23.4 Å². The van der Waals surface area contributed by atoms with E-state index in [0.717, 1.165) is 12.8 Å². The van der Waals surface area contributed by atoms with E-state index in [1.165, 1.54) is 17.8 Å². The Bertz CT molecular complexity index is 1000. The molecule has 1 fully saturated rings. The third-order valence-electron chi connectivity index (χ3n) is 4.45. The van der Waals surface area contributed by atoms with E-state index in [0.29, 0.717) is 27.3 Å². The maximum Gasteiger partial charge on any atom is 0.237 e. The quantitative estimate of drug-likeness (QED) is 0.561. The summed E-state index contributed by atoms with van der Waals surface area (Å²) in [6, 6.07) is 13.7. The number of amides is 1. The summed E-state index contributed by atoms with van der Waals surface area (Å²) >= 11 is 7.19. The van der Waals surface area contributed by atoms with Gasteiger partial charge in [0.05, 0.1) is 10.8 Å². The standard InChI is InChI=1S/C20H18ClFN4OS/c1-12(19(27)23-14-8-6-13(21)7-9-14)28-20-25-24-18(26(20)15-10-11-15)16-4-2-3-5-17(16)22/h2-9,12,15H,10-11H2,1H3,(H,23,27)/t12-/m0/s1. The molecule has 28 heavy (non-hydrogen) atoms. The van der Waals surface area contributed by atoms with Crippen molar-refractivity contribution < 1.29 is 9.18 Å². The molecule has 0 spiro atoms. The van der Waals surface area contributed by atoms with E-state index in [4.69, 9.17) is 11.6 Å². The summed E-state index contributed by atoms with van der Waals surface area (Å²) in [7, 11) is 0. The topological polar surface area (TPSA) is 59.8 Å². The maximum atomic E-state index is 14.2. The Morgan fingerprint density at radius 2 is 1.93 bits per heavy atom. The molecule has 1 aliphatic rings. The lowest BCUT2D eigenvalue weighted by atomic mass is 10.2. The number of aromatic nitrogens is 3. The number of carbonyl (C=O) groups excluding carboxylic acids is 1. The van der Waals surface area contributed by atoms with Crippen molar-refractivity contribution in [3.8, 4) is 11.4 Å². The van der Waals surface area contributed by atoms with Crippen molar-refractivity contribution >= 4 is 35.0 Å². The zero-order valence-electron chi connectivity index (χ0n) is 15.1. The number of hydrogen-bond acceptors (Lipinski definition) is 4. The number of thioether (sulfide) groups is 1. The first kappa shape index (κ1) is 19.0. The molecule has 5 nitrogen and oxygen atoms in total. The Kier molecular flexibility index (Phi) is 5.37. The number of nitrogens with one attached hydrogen (secondary N) is 1. The molecule has 1 N–H and O–H groups in total. The third-order valence-corrected chi connectivity index (χ3v) is 5.76. The van der Waals surface area contributed by atoms with Crippen LogP contribution in [0.15, 0.2) is 53.7 Å². The average molecular weight is 417 g/mol. The number of anilines is 1. The molecule has 4 rings (SSSR count). The molecular formula is C20H18ClFN4OS. The van der Waals surface area contributed by atoms with Crippen LogP contribution in [0.25, 0.3) is 11.4 Å². The Balaban J connectivity index is 1.54. The average Bonchev–Trinajstić information content (AvgIpc) is 3.44. The lowest BCUT2D eigenvalue weighted by Gasteiger charge is -2.13. The fourth-order valence-electron chi connectivity index (χ4n) is 2.83. The van der Waals surface area contributed by atoms with Crippen LogP contribution in [0.2, 0.25) is 5.02 Å². The van der Waals surface area contributed by atoms with E-state index in [1.54, 1.807) is 42.5 Å². The molecule has 1 aliphatic carbocycles. The van der Waals surface area contributed by atoms with Crippen molar-refractivity contribution in [3.63, 3.8) is 0 Å². The van der Waals surface area contributed by atoms with Gasteiger partial charge < -0.3 is 5.32 Å². The molecule has 1 aromatic heterocycles. The van der Waals surface area contributed by atoms with Gasteiger partial charge in [-0.3, -0.25) is 9.36 Å². The van der Waals surface area contributed by atoms with Crippen molar-refractivity contribution in [3.05, 3.63) is 59.4 Å². The van der Waals surface area contributed by atoms with E-state index < -0.39 is 5.25 Å². The summed E-state index contributed by atoms with van der Waals surface area (Å²) < 4.78 is 16.2. The van der Waals surface area contributed by atoms with Gasteiger partial charge in [0.1, 0.15) is 5.82 Å². The molecule has 8 heteroatoms. The van der Waals surface area contributed by atoms with Gasteiger partial charge in [0.15, 0.2) is 11.0 Å². The number of rotatable bonds is 6. The fourth-order valence-corrected chi connectivity index (χ4v) is 3.88. The van der Waals surface area contributed by atoms with Crippen molar-refractivity contribution in [2.45, 2.75) is 36.2 Å². The monoisotopic (exact) mass is 416 g/mol. The van der Waals surface area contributed by atoms with Crippen LogP contribution in [0, 0.1) is 5.82 Å². The first-order chi connectivity index (χ1) is 13.5. The van der Waals surface area contributed by atoms with Crippen LogP contribution < -0.4 is 5.32 Å². The van der Waals surface area contributed by atoms with Gasteiger partial charge in [-0.15, -0.1) is 10.2 Å². The highest BCUT2D eigenvalue weighted by Gasteiger charge is 2.32. The zero-order valence-corrected chi connectivity index (χ0v) is 16.7. The molecule has 1 atom stereocenters. The number of benzene rings is 2. The molecule has 1 saturated carbocycles. The maximum absolute atomic E-state index is 14.2. The van der Waals surface area contributed by atoms with Crippen LogP contribution in [0.5, 0.6) is 0 Å². The molecule has 0 unspecified atom stereocenters. The molecule has 2 aromatic carbocycles. The van der Waals surface area contributed by atoms with E-state index in [2.05, 4.69) is 15.5 Å². The highest BCUT2D eigenvalue weighted by Crippen LogP contribution is 2.42. The van der Waals surface area contributed by atoms with E-state index in [1.807, 2.05) is 11.5 Å². The first-order valence-corrected chi connectivity index (χ1v) is 10.2. The van der Waals surface area contributed by atoms with Crippen molar-refractivity contribution in [2.75, 3.05) is 5.32 Å². The second kappa shape index (κ2) is 7.93. The number of carbonyl (C=O) groups is 1. The van der Waals surface area contributed by atoms with Gasteiger partial charge in [-0.2, -0.15) is 0 Å². The molecule has 3 aromatic rings. The Labute approximate surface area is 171 Å². The van der Waals surface area contributed by atoms with E-state index in [9.17, 15) is 9.18 Å². The molecule has 1 heterocycles. The van der Waals surface area contributed by atoms with Gasteiger partial charge in [-0.05, 0) is 56.2 Å². The molecule has 0 saturated heterocycles. The Morgan fingerprint density at radius 1 is 1.21 bits per heavy atom. The molecule has 1 amide bonds. The van der Waals surface area contributed by atoms with Crippen molar-refractivity contribution in [1.82, 2.24) is 14.8 Å². The van der Waals surface area contributed by atoms with Crippen LogP contribution in [0.3, 0.4) is 0 Å². The summed E-state index contributed by atoms with van der Waals surface area (Å²) in [6.45, 7) is 1.81. The Morgan fingerprint density at radius 3 is 2.61 bits per heavy atom. The lowest BCUT2D eigenvalue weighted by Crippen LogP contribution is -2.22. The van der Waals surface area contributed by atoms with Gasteiger partial charge >= 0.3 is 0 Å². The third kappa shape index (κ3) is 4.05. The van der Waals surface area contributed by atoms with Crippen molar-refractivity contribution in [1.29, 1.82) is 0 Å². The smallest absolute Gasteiger partial charge is 0.237 e. The minimum Gasteiger partial charge on any atom is -0.325 e. The largest absolute Gasteiger partial charge is 0.325 e. The predicted octanol–water partition coefficient (Wildman–Crippen LogP) is 5.19. The predicted molar refractivity (Wildman–Crippen MR) is 109 cm³/mol. The molecule has 0 radical (unpaired) electrons. The molecular weight excluding hydrogens is 399 g/mol. The highest BCUT2D eigenvalue weighted by atomic mass is 35.5. The van der Waals surface area contributed by atoms with Crippen LogP contribution in [-0.4, -0.2) is 25.9 Å². The molecule has 144 valence electrons. The first-order valence-electron chi connectivity index (χ1n) is 8.96. The van der Waals surface area contributed by atoms with Crippen LogP contribution in [0.4, 0.5) is 10.1 Å². The van der Waals surface area contributed by atoms with Gasteiger partial charge in [0.25, 0.3) is 0 Å². The highest BCUT2D eigenvalue weighted by molar-refractivity contribution is 8.00. The second-order valence-corrected chi connectivity index (χ2v) is 8.39. The number of halogens is 2. The fraction of sp³-hybridized carbons (Fsp3) is 0.250. The summed E-state index contributed by atoms with van der Waals surface area (Å²) in [4.78, 5) is 12.5. The van der Waals surface area contributed by atoms with E-state index >= 15 is 0 Å². The van der Waals surface area contributed by atoms with Gasteiger partial charge in [0, 0.05) is 16.8 Å².